The van der Waals surface area contributed by atoms with E-state index in [2.05, 4.69) is 38.4 Å². The van der Waals surface area contributed by atoms with Crippen LogP contribution in [0.15, 0.2) is 59.7 Å². The molecule has 0 atom stereocenters. The maximum atomic E-state index is 12.5. The Hall–Kier alpha value is -4.00. The standard InChI is InChI=1S/C26H25IN4O6/c1-4-36-23-12-18(14-28-30-26(33)19-6-5-7-20(13-19)31(34)35)11-21(27)25(23)37-15-24(32)29-22-9-8-16(2)10-17(22)3/h5-14H,4,15H2,1-3H3,(H,29,32)(H,30,33)/b28-14+. The summed E-state index contributed by atoms with van der Waals surface area (Å²) in [6, 6.07) is 14.5. The van der Waals surface area contributed by atoms with E-state index in [0.717, 1.165) is 16.8 Å². The van der Waals surface area contributed by atoms with Crippen molar-refractivity contribution in [3.05, 3.63) is 90.5 Å². The number of ether oxygens (including phenoxy) is 2. The first-order chi connectivity index (χ1) is 17.7. The fourth-order valence-corrected chi connectivity index (χ4v) is 4.12. The minimum Gasteiger partial charge on any atom is -0.490 e. The third-order valence-corrected chi connectivity index (χ3v) is 5.84. The average molecular weight is 616 g/mol. The van der Waals surface area contributed by atoms with Crippen molar-refractivity contribution in [3.8, 4) is 11.5 Å². The first-order valence-electron chi connectivity index (χ1n) is 11.2. The van der Waals surface area contributed by atoms with Crippen molar-refractivity contribution in [3.63, 3.8) is 0 Å². The Bertz CT molecular complexity index is 1360. The summed E-state index contributed by atoms with van der Waals surface area (Å²) in [7, 11) is 0. The molecule has 0 radical (unpaired) electrons. The van der Waals surface area contributed by atoms with Gasteiger partial charge < -0.3 is 14.8 Å². The van der Waals surface area contributed by atoms with Crippen LogP contribution in [0.5, 0.6) is 11.5 Å². The highest BCUT2D eigenvalue weighted by Gasteiger charge is 2.15. The van der Waals surface area contributed by atoms with Crippen molar-refractivity contribution < 1.29 is 24.0 Å². The number of rotatable bonds is 10. The normalized spacial score (nSPS) is 10.7. The van der Waals surface area contributed by atoms with E-state index < -0.39 is 10.8 Å². The number of carbonyl (C=O) groups is 2. The zero-order chi connectivity index (χ0) is 26.9. The maximum Gasteiger partial charge on any atom is 0.271 e. The van der Waals surface area contributed by atoms with Gasteiger partial charge in [-0.2, -0.15) is 5.10 Å². The predicted octanol–water partition coefficient (Wildman–Crippen LogP) is 5.00. The molecule has 0 saturated carbocycles. The molecule has 0 bridgehead atoms. The first-order valence-corrected chi connectivity index (χ1v) is 12.3. The Labute approximate surface area is 227 Å². The number of hydrazone groups is 1. The van der Waals surface area contributed by atoms with Gasteiger partial charge in [0.1, 0.15) is 0 Å². The summed E-state index contributed by atoms with van der Waals surface area (Å²) in [5.41, 5.74) is 5.67. The van der Waals surface area contributed by atoms with Crippen LogP contribution in [-0.2, 0) is 4.79 Å². The van der Waals surface area contributed by atoms with E-state index in [1.54, 1.807) is 12.1 Å². The highest BCUT2D eigenvalue weighted by Crippen LogP contribution is 2.34. The molecule has 0 aliphatic rings. The van der Waals surface area contributed by atoms with Gasteiger partial charge in [0.15, 0.2) is 18.1 Å². The molecule has 0 aliphatic carbocycles. The molecular weight excluding hydrogens is 591 g/mol. The molecule has 192 valence electrons. The lowest BCUT2D eigenvalue weighted by Gasteiger charge is -2.15. The Kier molecular flexibility index (Phi) is 9.55. The van der Waals surface area contributed by atoms with E-state index in [0.29, 0.717) is 27.2 Å². The molecule has 2 amide bonds. The third kappa shape index (κ3) is 7.74. The number of nitrogens with zero attached hydrogens (tertiary/aromatic N) is 2. The fourth-order valence-electron chi connectivity index (χ4n) is 3.33. The number of carbonyl (C=O) groups excluding carboxylic acids is 2. The number of anilines is 1. The zero-order valence-corrected chi connectivity index (χ0v) is 22.6. The Morgan fingerprint density at radius 1 is 1.11 bits per heavy atom. The lowest BCUT2D eigenvalue weighted by Crippen LogP contribution is -2.21. The number of hydrogen-bond donors (Lipinski definition) is 2. The van der Waals surface area contributed by atoms with Crippen molar-refractivity contribution in [1.82, 2.24) is 5.43 Å². The van der Waals surface area contributed by atoms with Crippen LogP contribution in [0.2, 0.25) is 0 Å². The SMILES string of the molecule is CCOc1cc(/C=N/NC(=O)c2cccc([N+](=O)[O-])c2)cc(I)c1OCC(=O)Nc1ccc(C)cc1C. The molecule has 3 aromatic carbocycles. The first kappa shape index (κ1) is 27.6. The average Bonchev–Trinajstić information content (AvgIpc) is 2.85. The number of non-ortho nitro benzene ring substituents is 1. The quantitative estimate of drug-likeness (QED) is 0.143. The lowest BCUT2D eigenvalue weighted by molar-refractivity contribution is -0.384. The van der Waals surface area contributed by atoms with Gasteiger partial charge in [-0.05, 0) is 78.8 Å². The van der Waals surface area contributed by atoms with Gasteiger partial charge in [0.2, 0.25) is 0 Å². The molecule has 0 unspecified atom stereocenters. The van der Waals surface area contributed by atoms with Crippen LogP contribution in [0.4, 0.5) is 11.4 Å². The smallest absolute Gasteiger partial charge is 0.271 e. The lowest BCUT2D eigenvalue weighted by atomic mass is 10.1. The second kappa shape index (κ2) is 12.8. The molecule has 0 aromatic heterocycles. The Morgan fingerprint density at radius 2 is 1.89 bits per heavy atom. The second-order valence-corrected chi connectivity index (χ2v) is 9.09. The van der Waals surface area contributed by atoms with Gasteiger partial charge in [-0.3, -0.25) is 19.7 Å². The zero-order valence-electron chi connectivity index (χ0n) is 20.4. The van der Waals surface area contributed by atoms with Gasteiger partial charge in [-0.15, -0.1) is 0 Å². The molecule has 3 aromatic rings. The summed E-state index contributed by atoms with van der Waals surface area (Å²) >= 11 is 2.07. The highest BCUT2D eigenvalue weighted by atomic mass is 127. The molecule has 11 heteroatoms. The van der Waals surface area contributed by atoms with Crippen LogP contribution < -0.4 is 20.2 Å². The monoisotopic (exact) mass is 616 g/mol. The van der Waals surface area contributed by atoms with Crippen LogP contribution in [0.25, 0.3) is 0 Å². The Balaban J connectivity index is 1.67. The van der Waals surface area contributed by atoms with Crippen LogP contribution >= 0.6 is 22.6 Å². The van der Waals surface area contributed by atoms with Gasteiger partial charge in [-0.1, -0.05) is 23.8 Å². The van der Waals surface area contributed by atoms with Crippen LogP contribution in [0.1, 0.15) is 34.0 Å². The number of halogens is 1. The molecule has 0 spiro atoms. The number of hydrogen-bond acceptors (Lipinski definition) is 7. The third-order valence-electron chi connectivity index (χ3n) is 5.03. The van der Waals surface area contributed by atoms with Gasteiger partial charge >= 0.3 is 0 Å². The van der Waals surface area contributed by atoms with E-state index in [1.165, 1.54) is 30.5 Å². The van der Waals surface area contributed by atoms with Crippen molar-refractivity contribution in [2.24, 2.45) is 5.10 Å². The van der Waals surface area contributed by atoms with Gasteiger partial charge in [0, 0.05) is 23.4 Å². The molecule has 0 saturated heterocycles. The fraction of sp³-hybridized carbons (Fsp3) is 0.192. The molecule has 0 fully saturated rings. The molecule has 0 aliphatic heterocycles. The van der Waals surface area contributed by atoms with Gasteiger partial charge in [0.25, 0.3) is 17.5 Å². The summed E-state index contributed by atoms with van der Waals surface area (Å²) in [6.45, 7) is 5.88. The number of nitrogens with one attached hydrogen (secondary N) is 2. The summed E-state index contributed by atoms with van der Waals surface area (Å²) in [6.07, 6.45) is 1.41. The molecule has 3 rings (SSSR count). The summed E-state index contributed by atoms with van der Waals surface area (Å²) in [4.78, 5) is 35.1. The number of nitro groups is 1. The highest BCUT2D eigenvalue weighted by molar-refractivity contribution is 14.1. The molecule has 0 heterocycles. The van der Waals surface area contributed by atoms with E-state index in [1.807, 2.05) is 39.0 Å². The van der Waals surface area contributed by atoms with Gasteiger partial charge in [0.05, 0.1) is 21.3 Å². The molecule has 10 nitrogen and oxygen atoms in total. The van der Waals surface area contributed by atoms with Crippen LogP contribution in [0.3, 0.4) is 0 Å². The maximum absolute atomic E-state index is 12.5. The van der Waals surface area contributed by atoms with Crippen molar-refractivity contribution in [2.75, 3.05) is 18.5 Å². The van der Waals surface area contributed by atoms with Crippen LogP contribution in [0, 0.1) is 27.5 Å². The largest absolute Gasteiger partial charge is 0.490 e. The summed E-state index contributed by atoms with van der Waals surface area (Å²) in [5, 5.41) is 17.7. The van der Waals surface area contributed by atoms with Crippen molar-refractivity contribution in [1.29, 1.82) is 0 Å². The summed E-state index contributed by atoms with van der Waals surface area (Å²) < 4.78 is 12.2. The number of nitro benzene ring substituents is 1. The molecule has 37 heavy (non-hydrogen) atoms. The minimum absolute atomic E-state index is 0.110. The second-order valence-electron chi connectivity index (χ2n) is 7.92. The number of aryl methyl sites for hydroxylation is 2. The van der Waals surface area contributed by atoms with E-state index in [4.69, 9.17) is 9.47 Å². The number of amides is 2. The summed E-state index contributed by atoms with van der Waals surface area (Å²) in [5.74, 6) is -0.0645. The molecular formula is C26H25IN4O6. The molecule has 2 N–H and O–H groups in total. The van der Waals surface area contributed by atoms with Crippen molar-refractivity contribution in [2.45, 2.75) is 20.8 Å². The van der Waals surface area contributed by atoms with Gasteiger partial charge in [-0.25, -0.2) is 5.43 Å². The Morgan fingerprint density at radius 3 is 2.59 bits per heavy atom. The van der Waals surface area contributed by atoms with E-state index >= 15 is 0 Å². The predicted molar refractivity (Wildman–Crippen MR) is 149 cm³/mol. The topological polar surface area (TPSA) is 132 Å². The van der Waals surface area contributed by atoms with Crippen molar-refractivity contribution >= 4 is 52.0 Å². The van der Waals surface area contributed by atoms with E-state index in [-0.39, 0.29) is 23.8 Å². The van der Waals surface area contributed by atoms with Crippen LogP contribution in [-0.4, -0.2) is 36.2 Å². The van der Waals surface area contributed by atoms with E-state index in [9.17, 15) is 19.7 Å². The minimum atomic E-state index is -0.588. The number of benzene rings is 3.